The van der Waals surface area contributed by atoms with Gasteiger partial charge >= 0.3 is 12.1 Å². The third kappa shape index (κ3) is 7.44. The minimum atomic E-state index is -5.08. The molecule has 3 saturated heterocycles. The number of aliphatic carboxylic acids is 1. The number of nitrogens with zero attached hydrogens (tertiary/aromatic N) is 3. The summed E-state index contributed by atoms with van der Waals surface area (Å²) in [4.78, 5) is 15.6. The molecule has 4 rings (SSSR count). The van der Waals surface area contributed by atoms with Gasteiger partial charge in [-0.1, -0.05) is 0 Å². The van der Waals surface area contributed by atoms with E-state index < -0.39 is 12.1 Å². The molecule has 2 atom stereocenters. The fourth-order valence-electron chi connectivity index (χ4n) is 4.39. The Bertz CT molecular complexity index is 682. The van der Waals surface area contributed by atoms with Crippen LogP contribution in [0.15, 0.2) is 18.7 Å². The molecule has 3 aliphatic rings. The van der Waals surface area contributed by atoms with Gasteiger partial charge in [0.1, 0.15) is 5.60 Å². The van der Waals surface area contributed by atoms with Crippen LogP contribution < -0.4 is 0 Å². The molecule has 0 aromatic carbocycles. The van der Waals surface area contributed by atoms with Crippen molar-refractivity contribution < 1.29 is 37.3 Å². The molecule has 0 saturated carbocycles. The highest BCUT2D eigenvalue weighted by Crippen LogP contribution is 2.34. The summed E-state index contributed by atoms with van der Waals surface area (Å²) in [5.74, 6) is -1.45. The van der Waals surface area contributed by atoms with Gasteiger partial charge in [-0.25, -0.2) is 9.78 Å². The number of hydrogen-bond donors (Lipinski definition) is 1. The van der Waals surface area contributed by atoms with E-state index in [1.54, 1.807) is 0 Å². The van der Waals surface area contributed by atoms with E-state index in [1.165, 1.54) is 12.8 Å². The molecular weight excluding hydrogens is 419 g/mol. The minimum Gasteiger partial charge on any atom is -0.475 e. The normalized spacial score (nSPS) is 28.2. The van der Waals surface area contributed by atoms with Gasteiger partial charge in [0.25, 0.3) is 0 Å². The smallest absolute Gasteiger partial charge is 0.475 e. The van der Waals surface area contributed by atoms with Gasteiger partial charge in [-0.3, -0.25) is 4.90 Å². The third-order valence-corrected chi connectivity index (χ3v) is 5.84. The van der Waals surface area contributed by atoms with Crippen LogP contribution in [-0.4, -0.2) is 90.0 Å². The number of hydrogen-bond acceptors (Lipinski definition) is 6. The van der Waals surface area contributed by atoms with Crippen LogP contribution in [0.5, 0.6) is 0 Å². The molecule has 8 nitrogen and oxygen atoms in total. The number of ether oxygens (including phenoxy) is 3. The van der Waals surface area contributed by atoms with Crippen LogP contribution in [0.1, 0.15) is 19.3 Å². The number of rotatable bonds is 4. The third-order valence-electron chi connectivity index (χ3n) is 5.84. The number of carboxylic acids is 1. The van der Waals surface area contributed by atoms with E-state index in [-0.39, 0.29) is 5.60 Å². The molecule has 0 radical (unpaired) electrons. The first-order valence-electron chi connectivity index (χ1n) is 10.5. The number of imidazole rings is 1. The maximum atomic E-state index is 10.6. The lowest BCUT2D eigenvalue weighted by Gasteiger charge is -2.34. The van der Waals surface area contributed by atoms with E-state index in [2.05, 4.69) is 14.5 Å². The molecule has 3 fully saturated rings. The lowest BCUT2D eigenvalue weighted by Crippen LogP contribution is -2.46. The zero-order valence-corrected chi connectivity index (χ0v) is 17.4. The quantitative estimate of drug-likeness (QED) is 0.753. The first kappa shape index (κ1) is 24.0. The summed E-state index contributed by atoms with van der Waals surface area (Å²) in [5.41, 5.74) is -0.118. The van der Waals surface area contributed by atoms with E-state index in [4.69, 9.17) is 24.1 Å². The fraction of sp³-hybridized carbons (Fsp3) is 0.800. The van der Waals surface area contributed by atoms with Gasteiger partial charge in [-0.2, -0.15) is 13.2 Å². The molecule has 31 heavy (non-hydrogen) atoms. The van der Waals surface area contributed by atoms with E-state index in [0.29, 0.717) is 5.92 Å². The van der Waals surface area contributed by atoms with Crippen molar-refractivity contribution in [3.63, 3.8) is 0 Å². The number of aromatic nitrogens is 2. The Kier molecular flexibility index (Phi) is 8.31. The lowest BCUT2D eigenvalue weighted by molar-refractivity contribution is -0.192. The van der Waals surface area contributed by atoms with Crippen LogP contribution in [0.4, 0.5) is 13.2 Å². The summed E-state index contributed by atoms with van der Waals surface area (Å²) < 4.78 is 51.6. The van der Waals surface area contributed by atoms with Gasteiger partial charge < -0.3 is 23.9 Å². The summed E-state index contributed by atoms with van der Waals surface area (Å²) in [6, 6.07) is 0. The number of carboxylic acid groups (broad SMARTS) is 1. The first-order valence-corrected chi connectivity index (χ1v) is 10.5. The Morgan fingerprint density at radius 3 is 2.55 bits per heavy atom. The van der Waals surface area contributed by atoms with Gasteiger partial charge in [0.15, 0.2) is 0 Å². The summed E-state index contributed by atoms with van der Waals surface area (Å²) in [5, 5.41) is 7.12. The maximum Gasteiger partial charge on any atom is 0.490 e. The second kappa shape index (κ2) is 10.8. The molecule has 1 aromatic heterocycles. The maximum absolute atomic E-state index is 10.6. The SMILES string of the molecule is O=C(O)C(F)(F)F.c1cn(CC2COC3(COCCN(CC4CCOCC4)C3)C2)cn1. The van der Waals surface area contributed by atoms with Gasteiger partial charge in [0.2, 0.25) is 0 Å². The van der Waals surface area contributed by atoms with Crippen LogP contribution in [-0.2, 0) is 25.5 Å². The Morgan fingerprint density at radius 1 is 1.16 bits per heavy atom. The fourth-order valence-corrected chi connectivity index (χ4v) is 4.39. The Balaban J connectivity index is 0.000000339. The zero-order valence-electron chi connectivity index (χ0n) is 17.4. The van der Waals surface area contributed by atoms with Gasteiger partial charge in [-0.05, 0) is 25.2 Å². The lowest BCUT2D eigenvalue weighted by atomic mass is 9.93. The van der Waals surface area contributed by atoms with Crippen LogP contribution >= 0.6 is 0 Å². The highest BCUT2D eigenvalue weighted by molar-refractivity contribution is 5.73. The largest absolute Gasteiger partial charge is 0.490 e. The molecule has 11 heteroatoms. The zero-order chi connectivity index (χ0) is 22.3. The first-order chi connectivity index (χ1) is 14.8. The molecule has 1 spiro atoms. The van der Waals surface area contributed by atoms with Gasteiger partial charge in [-0.15, -0.1) is 0 Å². The molecule has 176 valence electrons. The molecule has 4 heterocycles. The Labute approximate surface area is 179 Å². The van der Waals surface area contributed by atoms with Crippen LogP contribution in [0.3, 0.4) is 0 Å². The number of alkyl halides is 3. The predicted molar refractivity (Wildman–Crippen MR) is 104 cm³/mol. The van der Waals surface area contributed by atoms with E-state index in [1.807, 2.05) is 18.7 Å². The van der Waals surface area contributed by atoms with Crippen molar-refractivity contribution in [1.29, 1.82) is 0 Å². The monoisotopic (exact) mass is 449 g/mol. The topological polar surface area (TPSA) is 86.0 Å². The molecule has 3 aliphatic heterocycles. The van der Waals surface area contributed by atoms with Crippen LogP contribution in [0.2, 0.25) is 0 Å². The van der Waals surface area contributed by atoms with E-state index in [0.717, 1.165) is 71.6 Å². The molecule has 0 amide bonds. The van der Waals surface area contributed by atoms with E-state index in [9.17, 15) is 13.2 Å². The molecule has 0 bridgehead atoms. The Hall–Kier alpha value is -1.69. The average Bonchev–Trinajstić information content (AvgIpc) is 3.31. The Morgan fingerprint density at radius 2 is 1.90 bits per heavy atom. The standard InChI is InChI=1S/C18H29N3O3.C2HF3O2/c1-6-22-7-2-16(1)10-20-5-8-23-14-18(13-20)9-17(12-24-18)11-21-4-3-19-15-21;3-2(4,5)1(6)7/h3-4,15-17H,1-2,5-14H2;(H,6,7). The number of halogens is 3. The molecule has 1 N–H and O–H groups in total. The van der Waals surface area contributed by atoms with Crippen molar-refractivity contribution in [3.05, 3.63) is 18.7 Å². The summed E-state index contributed by atoms with van der Waals surface area (Å²) in [6.07, 6.45) is 4.15. The summed E-state index contributed by atoms with van der Waals surface area (Å²) >= 11 is 0. The highest BCUT2D eigenvalue weighted by atomic mass is 19.4. The van der Waals surface area contributed by atoms with Crippen molar-refractivity contribution >= 4 is 5.97 Å². The average molecular weight is 449 g/mol. The van der Waals surface area contributed by atoms with Crippen LogP contribution in [0.25, 0.3) is 0 Å². The minimum absolute atomic E-state index is 0.118. The molecular formula is C20H30F3N3O5. The van der Waals surface area contributed by atoms with Crippen molar-refractivity contribution in [2.45, 2.75) is 37.6 Å². The predicted octanol–water partition coefficient (Wildman–Crippen LogP) is 2.05. The molecule has 0 aliphatic carbocycles. The van der Waals surface area contributed by atoms with Crippen molar-refractivity contribution in [3.8, 4) is 0 Å². The second-order valence-electron chi connectivity index (χ2n) is 8.47. The van der Waals surface area contributed by atoms with E-state index >= 15 is 0 Å². The highest BCUT2D eigenvalue weighted by Gasteiger charge is 2.43. The summed E-state index contributed by atoms with van der Waals surface area (Å²) in [6.45, 7) is 8.39. The number of carbonyl (C=O) groups is 1. The molecule has 1 aromatic rings. The van der Waals surface area contributed by atoms with Crippen molar-refractivity contribution in [1.82, 2.24) is 14.5 Å². The van der Waals surface area contributed by atoms with Crippen LogP contribution in [0, 0.1) is 11.8 Å². The van der Waals surface area contributed by atoms with Crippen molar-refractivity contribution in [2.24, 2.45) is 11.8 Å². The summed E-state index contributed by atoms with van der Waals surface area (Å²) in [7, 11) is 0. The van der Waals surface area contributed by atoms with Gasteiger partial charge in [0, 0.05) is 57.7 Å². The second-order valence-corrected chi connectivity index (χ2v) is 8.47. The molecule has 2 unspecified atom stereocenters. The van der Waals surface area contributed by atoms with Crippen molar-refractivity contribution in [2.75, 3.05) is 52.7 Å². The van der Waals surface area contributed by atoms with Gasteiger partial charge in [0.05, 0.1) is 26.1 Å².